The second kappa shape index (κ2) is 8.87. The maximum absolute atomic E-state index is 10.3. The molecule has 158 valence electrons. The Bertz CT molecular complexity index is 1170. The standard InChI is InChI=1S/C25H24ClN3OS/c1-25(2,30)18-12-10-17(11-13-18)22-24(31-20-8-6-7-19(26)14-15-20)29(3)23(28-22)21-9-4-5-16-27-21/h4-6,8-16,30H,7H2,1-3H3. The number of nitrogens with zero attached hydrogens (tertiary/aromatic N) is 3. The van der Waals surface area contributed by atoms with Gasteiger partial charge >= 0.3 is 0 Å². The number of hydrogen-bond acceptors (Lipinski definition) is 4. The van der Waals surface area contributed by atoms with E-state index in [1.165, 1.54) is 0 Å². The zero-order valence-corrected chi connectivity index (χ0v) is 19.3. The van der Waals surface area contributed by atoms with Crippen molar-refractivity contribution >= 4 is 23.4 Å². The van der Waals surface area contributed by atoms with E-state index in [0.29, 0.717) is 0 Å². The van der Waals surface area contributed by atoms with Gasteiger partial charge in [-0.1, -0.05) is 65.8 Å². The van der Waals surface area contributed by atoms with Crippen LogP contribution in [0.25, 0.3) is 22.8 Å². The smallest absolute Gasteiger partial charge is 0.159 e. The zero-order valence-electron chi connectivity index (χ0n) is 17.7. The average Bonchev–Trinajstić information content (AvgIpc) is 2.93. The summed E-state index contributed by atoms with van der Waals surface area (Å²) in [6.45, 7) is 3.57. The predicted molar refractivity (Wildman–Crippen MR) is 129 cm³/mol. The predicted octanol–water partition coefficient (Wildman–Crippen LogP) is 6.44. The van der Waals surface area contributed by atoms with Crippen molar-refractivity contribution < 1.29 is 5.11 Å². The zero-order chi connectivity index (χ0) is 22.0. The van der Waals surface area contributed by atoms with E-state index in [9.17, 15) is 5.11 Å². The van der Waals surface area contributed by atoms with Crippen LogP contribution >= 0.6 is 23.4 Å². The fraction of sp³-hybridized carbons (Fsp3) is 0.200. The minimum absolute atomic E-state index is 0.734. The number of aromatic nitrogens is 3. The third-order valence-corrected chi connectivity index (χ3v) is 6.49. The molecule has 1 aliphatic rings. The van der Waals surface area contributed by atoms with Gasteiger partial charge in [0, 0.05) is 35.2 Å². The highest BCUT2D eigenvalue weighted by atomic mass is 35.5. The summed E-state index contributed by atoms with van der Waals surface area (Å²) in [5.74, 6) is 0.802. The lowest BCUT2D eigenvalue weighted by Gasteiger charge is -2.17. The average molecular weight is 450 g/mol. The van der Waals surface area contributed by atoms with Crippen molar-refractivity contribution in [3.05, 3.63) is 88.5 Å². The van der Waals surface area contributed by atoms with Crippen LogP contribution in [0.1, 0.15) is 25.8 Å². The molecule has 0 amide bonds. The highest BCUT2D eigenvalue weighted by molar-refractivity contribution is 8.03. The van der Waals surface area contributed by atoms with Crippen molar-refractivity contribution in [3.63, 3.8) is 0 Å². The summed E-state index contributed by atoms with van der Waals surface area (Å²) < 4.78 is 2.08. The molecule has 4 nitrogen and oxygen atoms in total. The summed E-state index contributed by atoms with van der Waals surface area (Å²) in [6.07, 6.45) is 10.6. The number of imidazole rings is 1. The minimum Gasteiger partial charge on any atom is -0.386 e. The minimum atomic E-state index is -0.888. The molecule has 3 aromatic rings. The van der Waals surface area contributed by atoms with Crippen molar-refractivity contribution in [1.29, 1.82) is 0 Å². The molecule has 0 aliphatic heterocycles. The molecular formula is C25H24ClN3OS. The summed E-state index contributed by atoms with van der Waals surface area (Å²) in [5.41, 5.74) is 2.66. The van der Waals surface area contributed by atoms with E-state index < -0.39 is 5.60 Å². The van der Waals surface area contributed by atoms with E-state index >= 15 is 0 Å². The van der Waals surface area contributed by atoms with Gasteiger partial charge in [-0.25, -0.2) is 4.98 Å². The number of rotatable bonds is 5. The first-order valence-electron chi connectivity index (χ1n) is 10.0. The Kier molecular flexibility index (Phi) is 6.19. The van der Waals surface area contributed by atoms with Crippen LogP contribution in [-0.2, 0) is 12.6 Å². The van der Waals surface area contributed by atoms with Gasteiger partial charge in [-0.15, -0.1) is 0 Å². The van der Waals surface area contributed by atoms with Crippen LogP contribution in [-0.4, -0.2) is 19.6 Å². The molecule has 0 fully saturated rings. The molecule has 0 spiro atoms. The molecule has 0 unspecified atom stereocenters. The van der Waals surface area contributed by atoms with E-state index in [4.69, 9.17) is 16.6 Å². The van der Waals surface area contributed by atoms with E-state index in [0.717, 1.165) is 49.7 Å². The Labute approximate surface area is 192 Å². The highest BCUT2D eigenvalue weighted by Gasteiger charge is 2.21. The second-order valence-electron chi connectivity index (χ2n) is 7.89. The molecule has 1 aromatic carbocycles. The third kappa shape index (κ3) is 4.85. The van der Waals surface area contributed by atoms with Gasteiger partial charge in [0.25, 0.3) is 0 Å². The quantitative estimate of drug-likeness (QED) is 0.487. The van der Waals surface area contributed by atoms with Crippen molar-refractivity contribution in [2.24, 2.45) is 7.05 Å². The highest BCUT2D eigenvalue weighted by Crippen LogP contribution is 2.39. The number of thioether (sulfide) groups is 1. The van der Waals surface area contributed by atoms with Gasteiger partial charge in [0.1, 0.15) is 16.4 Å². The number of allylic oxidation sites excluding steroid dienone is 5. The van der Waals surface area contributed by atoms with E-state index in [2.05, 4.69) is 21.7 Å². The third-order valence-electron chi connectivity index (χ3n) is 5.04. The molecule has 1 N–H and O–H groups in total. The van der Waals surface area contributed by atoms with Gasteiger partial charge in [0.2, 0.25) is 0 Å². The van der Waals surface area contributed by atoms with Crippen molar-refractivity contribution in [1.82, 2.24) is 14.5 Å². The van der Waals surface area contributed by atoms with Crippen LogP contribution < -0.4 is 0 Å². The molecule has 0 saturated heterocycles. The Morgan fingerprint density at radius 1 is 1.10 bits per heavy atom. The summed E-state index contributed by atoms with van der Waals surface area (Å²) in [6, 6.07) is 13.7. The molecule has 0 atom stereocenters. The monoisotopic (exact) mass is 449 g/mol. The van der Waals surface area contributed by atoms with Crippen LogP contribution in [0.3, 0.4) is 0 Å². The molecular weight excluding hydrogens is 426 g/mol. The van der Waals surface area contributed by atoms with Crippen LogP contribution in [0, 0.1) is 0 Å². The summed E-state index contributed by atoms with van der Waals surface area (Å²) in [7, 11) is 2.01. The SMILES string of the molecule is Cn1c(-c2ccccn2)nc(-c2ccc(C(C)(C)O)cc2)c1SC1=CC=C(Cl)CC=C1. The summed E-state index contributed by atoms with van der Waals surface area (Å²) in [4.78, 5) is 10.5. The molecule has 6 heteroatoms. The summed E-state index contributed by atoms with van der Waals surface area (Å²) in [5, 5.41) is 12.1. The lowest BCUT2D eigenvalue weighted by Crippen LogP contribution is -2.14. The fourth-order valence-electron chi connectivity index (χ4n) is 3.31. The van der Waals surface area contributed by atoms with Gasteiger partial charge in [0.05, 0.1) is 5.60 Å². The first kappa shape index (κ1) is 21.6. The van der Waals surface area contributed by atoms with E-state index in [1.54, 1.807) is 31.8 Å². The second-order valence-corrected chi connectivity index (χ2v) is 9.44. The van der Waals surface area contributed by atoms with E-state index in [-0.39, 0.29) is 0 Å². The van der Waals surface area contributed by atoms with Crippen LogP contribution in [0.15, 0.2) is 87.9 Å². The molecule has 0 radical (unpaired) electrons. The lowest BCUT2D eigenvalue weighted by molar-refractivity contribution is 0.0786. The lowest BCUT2D eigenvalue weighted by atomic mass is 9.97. The van der Waals surface area contributed by atoms with Gasteiger partial charge < -0.3 is 9.67 Å². The largest absolute Gasteiger partial charge is 0.386 e. The Morgan fingerprint density at radius 2 is 1.87 bits per heavy atom. The van der Waals surface area contributed by atoms with E-state index in [1.807, 2.05) is 61.7 Å². The molecule has 31 heavy (non-hydrogen) atoms. The molecule has 1 aliphatic carbocycles. The van der Waals surface area contributed by atoms with Crippen molar-refractivity contribution in [2.75, 3.05) is 0 Å². The van der Waals surface area contributed by atoms with Gasteiger partial charge in [-0.3, -0.25) is 4.98 Å². The molecule has 2 heterocycles. The summed E-state index contributed by atoms with van der Waals surface area (Å²) >= 11 is 7.84. The first-order chi connectivity index (χ1) is 14.8. The molecule has 4 rings (SSSR count). The van der Waals surface area contributed by atoms with Crippen LogP contribution in [0.2, 0.25) is 0 Å². The molecule has 0 saturated carbocycles. The maximum atomic E-state index is 10.3. The van der Waals surface area contributed by atoms with Crippen molar-refractivity contribution in [2.45, 2.75) is 30.9 Å². The first-order valence-corrected chi connectivity index (χ1v) is 11.2. The molecule has 2 aromatic heterocycles. The fourth-order valence-corrected chi connectivity index (χ4v) is 4.47. The van der Waals surface area contributed by atoms with Gasteiger partial charge in [-0.05, 0) is 43.7 Å². The van der Waals surface area contributed by atoms with Crippen molar-refractivity contribution in [3.8, 4) is 22.8 Å². The number of benzene rings is 1. The Hall–Kier alpha value is -2.60. The number of pyridine rings is 1. The number of hydrogen-bond donors (Lipinski definition) is 1. The topological polar surface area (TPSA) is 50.9 Å². The van der Waals surface area contributed by atoms with Crippen LogP contribution in [0.4, 0.5) is 0 Å². The molecule has 0 bridgehead atoms. The Balaban J connectivity index is 1.81. The number of aliphatic hydroxyl groups is 1. The van der Waals surface area contributed by atoms with Gasteiger partial charge in [0.15, 0.2) is 5.82 Å². The van der Waals surface area contributed by atoms with Crippen LogP contribution in [0.5, 0.6) is 0 Å². The Morgan fingerprint density at radius 3 is 2.55 bits per heavy atom. The maximum Gasteiger partial charge on any atom is 0.159 e. The normalized spacial score (nSPS) is 14.2. The van der Waals surface area contributed by atoms with Gasteiger partial charge in [-0.2, -0.15) is 0 Å². The number of halogens is 1.